The summed E-state index contributed by atoms with van der Waals surface area (Å²) in [7, 11) is 0. The molecule has 3 aliphatic rings. The normalized spacial score (nSPS) is 29.3. The zero-order chi connectivity index (χ0) is 17.4. The Kier molecular flexibility index (Phi) is 5.44. The summed E-state index contributed by atoms with van der Waals surface area (Å²) < 4.78 is 0. The highest BCUT2D eigenvalue weighted by molar-refractivity contribution is 8.13. The molecular formula is C17H27NO4S. The summed E-state index contributed by atoms with van der Waals surface area (Å²) >= 11 is 1.13. The van der Waals surface area contributed by atoms with E-state index in [2.05, 4.69) is 13.8 Å². The lowest BCUT2D eigenvalue weighted by molar-refractivity contribution is -0.162. The van der Waals surface area contributed by atoms with E-state index >= 15 is 0 Å². The van der Waals surface area contributed by atoms with Crippen LogP contribution in [0, 0.1) is 23.2 Å². The minimum absolute atomic E-state index is 0.0170. The number of fused-ring (bicyclic) bond motifs is 2. The van der Waals surface area contributed by atoms with E-state index < -0.39 is 5.97 Å². The predicted molar refractivity (Wildman–Crippen MR) is 90.1 cm³/mol. The number of carboxylic acid groups (broad SMARTS) is 1. The topological polar surface area (TPSA) is 74.7 Å². The average Bonchev–Trinajstić information content (AvgIpc) is 2.49. The lowest BCUT2D eigenvalue weighted by Crippen LogP contribution is -2.62. The summed E-state index contributed by atoms with van der Waals surface area (Å²) in [6, 6.07) is 0.0170. The molecule has 130 valence electrons. The van der Waals surface area contributed by atoms with E-state index in [-0.39, 0.29) is 34.9 Å². The van der Waals surface area contributed by atoms with Crippen LogP contribution in [0.2, 0.25) is 0 Å². The molecular weight excluding hydrogens is 314 g/mol. The molecule has 1 amide bonds. The van der Waals surface area contributed by atoms with E-state index in [1.54, 1.807) is 11.8 Å². The van der Waals surface area contributed by atoms with Gasteiger partial charge in [-0.2, -0.15) is 0 Å². The molecule has 4 unspecified atom stereocenters. The van der Waals surface area contributed by atoms with Gasteiger partial charge in [-0.1, -0.05) is 32.5 Å². The third-order valence-corrected chi connectivity index (χ3v) is 6.84. The number of carbonyl (C=O) groups excluding carboxylic acids is 2. The van der Waals surface area contributed by atoms with Crippen molar-refractivity contribution < 1.29 is 19.5 Å². The van der Waals surface area contributed by atoms with Crippen LogP contribution in [0.3, 0.4) is 0 Å². The first-order valence-electron chi connectivity index (χ1n) is 8.30. The number of amides is 1. The maximum atomic E-state index is 12.8. The van der Waals surface area contributed by atoms with Crippen molar-refractivity contribution in [1.29, 1.82) is 0 Å². The quantitative estimate of drug-likeness (QED) is 0.804. The molecule has 0 aromatic carbocycles. The molecule has 6 heteroatoms. The summed E-state index contributed by atoms with van der Waals surface area (Å²) in [5.74, 6) is 0.0576. The largest absolute Gasteiger partial charge is 0.480 e. The first kappa shape index (κ1) is 18.3. The van der Waals surface area contributed by atoms with Crippen molar-refractivity contribution in [2.45, 2.75) is 53.0 Å². The molecule has 3 rings (SSSR count). The Balaban J connectivity index is 2.11. The van der Waals surface area contributed by atoms with Gasteiger partial charge in [0, 0.05) is 24.6 Å². The fourth-order valence-electron chi connectivity index (χ4n) is 4.25. The zero-order valence-corrected chi connectivity index (χ0v) is 15.2. The number of thioether (sulfide) groups is 1. The Morgan fingerprint density at radius 1 is 1.30 bits per heavy atom. The molecule has 4 atom stereocenters. The van der Waals surface area contributed by atoms with Crippen molar-refractivity contribution in [3.8, 4) is 0 Å². The maximum absolute atomic E-state index is 12.8. The van der Waals surface area contributed by atoms with Crippen molar-refractivity contribution in [1.82, 2.24) is 4.90 Å². The molecule has 0 aliphatic heterocycles. The van der Waals surface area contributed by atoms with Crippen LogP contribution in [0.15, 0.2) is 0 Å². The van der Waals surface area contributed by atoms with Crippen molar-refractivity contribution in [3.05, 3.63) is 0 Å². The summed E-state index contributed by atoms with van der Waals surface area (Å²) in [6.07, 6.45) is 3.05. The number of rotatable bonds is 6. The van der Waals surface area contributed by atoms with Crippen molar-refractivity contribution in [2.75, 3.05) is 12.3 Å². The molecule has 3 fully saturated rings. The van der Waals surface area contributed by atoms with Gasteiger partial charge in [0.15, 0.2) is 5.12 Å². The minimum Gasteiger partial charge on any atom is -0.480 e. The van der Waals surface area contributed by atoms with Crippen LogP contribution in [0.4, 0.5) is 0 Å². The SMILES string of the molecule is CC(=O)SCC(C)C(=O)N(CC(=O)O)C1CCC2CC1C2(C)C. The molecule has 0 spiro atoms. The predicted octanol–water partition coefficient (Wildman–Crippen LogP) is 2.64. The number of carbonyl (C=O) groups is 3. The first-order valence-corrected chi connectivity index (χ1v) is 9.28. The van der Waals surface area contributed by atoms with Gasteiger partial charge < -0.3 is 10.0 Å². The van der Waals surface area contributed by atoms with Crippen molar-refractivity contribution in [3.63, 3.8) is 0 Å². The Hall–Kier alpha value is -1.04. The van der Waals surface area contributed by atoms with Gasteiger partial charge >= 0.3 is 5.97 Å². The van der Waals surface area contributed by atoms with Crippen LogP contribution >= 0.6 is 11.8 Å². The van der Waals surface area contributed by atoms with Gasteiger partial charge in [0.2, 0.25) is 5.91 Å². The molecule has 0 aromatic rings. The van der Waals surface area contributed by atoms with E-state index in [0.29, 0.717) is 17.6 Å². The van der Waals surface area contributed by atoms with Gasteiger partial charge in [0.05, 0.1) is 0 Å². The molecule has 0 saturated heterocycles. The van der Waals surface area contributed by atoms with E-state index in [0.717, 1.165) is 31.0 Å². The Labute approximate surface area is 142 Å². The highest BCUT2D eigenvalue weighted by Gasteiger charge is 2.56. The third kappa shape index (κ3) is 3.73. The Bertz CT molecular complexity index is 503. The van der Waals surface area contributed by atoms with E-state index in [9.17, 15) is 19.5 Å². The van der Waals surface area contributed by atoms with Crippen molar-refractivity contribution in [2.24, 2.45) is 23.2 Å². The van der Waals surface area contributed by atoms with Crippen LogP contribution in [0.5, 0.6) is 0 Å². The number of hydrogen-bond acceptors (Lipinski definition) is 4. The fourth-order valence-corrected chi connectivity index (χ4v) is 4.87. The number of hydrogen-bond donors (Lipinski definition) is 1. The van der Waals surface area contributed by atoms with Crippen LogP contribution in [0.1, 0.15) is 47.0 Å². The highest BCUT2D eigenvalue weighted by atomic mass is 32.2. The summed E-state index contributed by atoms with van der Waals surface area (Å²) in [5, 5.41) is 9.22. The maximum Gasteiger partial charge on any atom is 0.323 e. The zero-order valence-electron chi connectivity index (χ0n) is 14.4. The summed E-state index contributed by atoms with van der Waals surface area (Å²) in [6.45, 7) is 7.49. The average molecular weight is 341 g/mol. The Morgan fingerprint density at radius 2 is 1.96 bits per heavy atom. The van der Waals surface area contributed by atoms with Gasteiger partial charge in [-0.05, 0) is 36.5 Å². The smallest absolute Gasteiger partial charge is 0.323 e. The minimum atomic E-state index is -0.968. The summed E-state index contributed by atoms with van der Waals surface area (Å²) in [4.78, 5) is 36.8. The van der Waals surface area contributed by atoms with Crippen LogP contribution in [-0.2, 0) is 14.4 Å². The van der Waals surface area contributed by atoms with Gasteiger partial charge in [0.25, 0.3) is 0 Å². The second-order valence-corrected chi connectivity index (χ2v) is 8.77. The van der Waals surface area contributed by atoms with Crippen LogP contribution in [-0.4, -0.2) is 45.3 Å². The van der Waals surface area contributed by atoms with Gasteiger partial charge in [0.1, 0.15) is 6.54 Å². The summed E-state index contributed by atoms with van der Waals surface area (Å²) in [5.41, 5.74) is 0.192. The van der Waals surface area contributed by atoms with Crippen LogP contribution < -0.4 is 0 Å². The molecule has 0 heterocycles. The molecule has 3 saturated carbocycles. The van der Waals surface area contributed by atoms with Crippen molar-refractivity contribution >= 4 is 28.8 Å². The van der Waals surface area contributed by atoms with Gasteiger partial charge in [-0.25, -0.2) is 0 Å². The molecule has 1 N–H and O–H groups in total. The number of nitrogens with zero attached hydrogens (tertiary/aromatic N) is 1. The number of aliphatic carboxylic acids is 1. The standard InChI is InChI=1S/C17H27NO4S/c1-10(9-23-11(2)19)16(22)18(8-15(20)21)14-6-5-12-7-13(14)17(12,3)4/h10,12-14H,5-9H2,1-4H3,(H,20,21). The second-order valence-electron chi connectivity index (χ2n) is 7.57. The van der Waals surface area contributed by atoms with Crippen LogP contribution in [0.25, 0.3) is 0 Å². The second kappa shape index (κ2) is 6.83. The monoisotopic (exact) mass is 341 g/mol. The molecule has 3 aliphatic carbocycles. The molecule has 0 aromatic heterocycles. The first-order chi connectivity index (χ1) is 10.6. The van der Waals surface area contributed by atoms with E-state index in [1.807, 2.05) is 0 Å². The molecule has 23 heavy (non-hydrogen) atoms. The number of carboxylic acids is 1. The Morgan fingerprint density at radius 3 is 2.43 bits per heavy atom. The van der Waals surface area contributed by atoms with E-state index in [4.69, 9.17) is 0 Å². The van der Waals surface area contributed by atoms with Gasteiger partial charge in [-0.3, -0.25) is 14.4 Å². The lowest BCUT2D eigenvalue weighted by atomic mass is 9.47. The molecule has 0 radical (unpaired) electrons. The van der Waals surface area contributed by atoms with Gasteiger partial charge in [-0.15, -0.1) is 0 Å². The van der Waals surface area contributed by atoms with E-state index in [1.165, 1.54) is 6.92 Å². The third-order valence-electron chi connectivity index (χ3n) is 5.77. The molecule has 5 nitrogen and oxygen atoms in total. The molecule has 2 bridgehead atoms. The lowest BCUT2D eigenvalue weighted by Gasteiger charge is -2.61. The fraction of sp³-hybridized carbons (Fsp3) is 0.824. The highest BCUT2D eigenvalue weighted by Crippen LogP contribution is 2.60.